The van der Waals surface area contributed by atoms with Crippen LogP contribution >= 0.6 is 0 Å². The smallest absolute Gasteiger partial charge is 0.308 e. The van der Waals surface area contributed by atoms with Gasteiger partial charge in [-0.15, -0.1) is 0 Å². The Bertz CT molecular complexity index is 1700. The number of esters is 1. The van der Waals surface area contributed by atoms with Gasteiger partial charge in [-0.3, -0.25) is 18.9 Å². The van der Waals surface area contributed by atoms with Crippen LogP contribution in [0, 0.1) is 6.92 Å². The van der Waals surface area contributed by atoms with Crippen LogP contribution in [0.5, 0.6) is 11.5 Å². The minimum Gasteiger partial charge on any atom is -0.493 e. The fourth-order valence-electron chi connectivity index (χ4n) is 4.06. The lowest BCUT2D eigenvalue weighted by molar-refractivity contribution is -0.132. The van der Waals surface area contributed by atoms with E-state index in [4.69, 9.17) is 14.0 Å². The molecule has 0 atom stereocenters. The third-order valence-corrected chi connectivity index (χ3v) is 6.65. The topological polar surface area (TPSA) is 178 Å². The molecule has 0 bridgehead atoms. The maximum absolute atomic E-state index is 12.1. The zero-order valence-electron chi connectivity index (χ0n) is 21.8. The molecule has 0 aliphatic carbocycles. The summed E-state index contributed by atoms with van der Waals surface area (Å²) >= 11 is 0. The van der Waals surface area contributed by atoms with Crippen LogP contribution in [0.3, 0.4) is 0 Å². The number of benzene rings is 2. The van der Waals surface area contributed by atoms with Gasteiger partial charge in [-0.2, -0.15) is 8.42 Å². The highest BCUT2D eigenvalue weighted by Crippen LogP contribution is 2.35. The van der Waals surface area contributed by atoms with E-state index in [-0.39, 0.29) is 10.5 Å². The Morgan fingerprint density at radius 2 is 1.95 bits per heavy atom. The molecule has 0 aliphatic heterocycles. The van der Waals surface area contributed by atoms with E-state index in [0.29, 0.717) is 59.4 Å². The largest absolute Gasteiger partial charge is 0.493 e. The molecular weight excluding hydrogens is 528 g/mol. The van der Waals surface area contributed by atoms with Crippen molar-refractivity contribution < 1.29 is 32.0 Å². The van der Waals surface area contributed by atoms with Crippen LogP contribution in [-0.2, 0) is 32.5 Å². The summed E-state index contributed by atoms with van der Waals surface area (Å²) in [6.07, 6.45) is 2.84. The molecule has 39 heavy (non-hydrogen) atoms. The highest BCUT2D eigenvalue weighted by molar-refractivity contribution is 7.85. The normalized spacial score (nSPS) is 11.0. The predicted molar refractivity (Wildman–Crippen MR) is 144 cm³/mol. The van der Waals surface area contributed by atoms with E-state index in [1.54, 1.807) is 24.3 Å². The number of aryl methyl sites for hydroxylation is 2. The van der Waals surface area contributed by atoms with Crippen LogP contribution < -0.4 is 20.3 Å². The third kappa shape index (κ3) is 6.94. The summed E-state index contributed by atoms with van der Waals surface area (Å²) in [5, 5.41) is 3.62. The van der Waals surface area contributed by atoms with Gasteiger partial charge in [-0.25, -0.2) is 9.97 Å². The number of carbonyl (C=O) groups excluding carboxylic acids is 2. The number of methoxy groups -OCH3 is 1. The molecule has 2 aromatic heterocycles. The average Bonchev–Trinajstić information content (AvgIpc) is 2.87. The second kappa shape index (κ2) is 12.5. The molecule has 2 aromatic carbocycles. The Balaban J connectivity index is 0.000000231. The number of fused-ring (bicyclic) bond motifs is 2. The van der Waals surface area contributed by atoms with Crippen molar-refractivity contribution in [3.63, 3.8) is 0 Å². The summed E-state index contributed by atoms with van der Waals surface area (Å²) in [6, 6.07) is 8.00. The molecule has 1 amide bonds. The molecule has 13 heteroatoms. The summed E-state index contributed by atoms with van der Waals surface area (Å²) in [5.74, 6) is 0.240. The van der Waals surface area contributed by atoms with Crippen molar-refractivity contribution in [2.75, 3.05) is 13.7 Å². The van der Waals surface area contributed by atoms with Crippen molar-refractivity contribution in [2.24, 2.45) is 0 Å². The van der Waals surface area contributed by atoms with Crippen molar-refractivity contribution in [3.8, 4) is 11.5 Å². The maximum atomic E-state index is 12.1. The number of nitrogens with zero attached hydrogens (tertiary/aromatic N) is 2. The first-order valence-corrected chi connectivity index (χ1v) is 13.2. The number of aromatic nitrogens is 3. The van der Waals surface area contributed by atoms with E-state index in [0.717, 1.165) is 16.5 Å². The van der Waals surface area contributed by atoms with Gasteiger partial charge in [0.05, 0.1) is 29.2 Å². The number of H-pyrrole nitrogens is 1. The van der Waals surface area contributed by atoms with Crippen molar-refractivity contribution in [1.29, 1.82) is 0 Å². The minimum atomic E-state index is -4.20. The summed E-state index contributed by atoms with van der Waals surface area (Å²) in [7, 11) is -2.72. The zero-order chi connectivity index (χ0) is 28.7. The molecule has 0 saturated heterocycles. The number of hydrogen-bond acceptors (Lipinski definition) is 9. The van der Waals surface area contributed by atoms with Crippen molar-refractivity contribution in [2.45, 2.75) is 38.5 Å². The molecule has 2 heterocycles. The van der Waals surface area contributed by atoms with Crippen LogP contribution in [0.4, 0.5) is 0 Å². The predicted octanol–water partition coefficient (Wildman–Crippen LogP) is 2.50. The van der Waals surface area contributed by atoms with Gasteiger partial charge in [0, 0.05) is 24.9 Å². The van der Waals surface area contributed by atoms with Gasteiger partial charge in [0.25, 0.3) is 15.7 Å². The molecule has 3 N–H and O–H groups in total. The lowest BCUT2D eigenvalue weighted by Gasteiger charge is -2.12. The first-order valence-electron chi connectivity index (χ1n) is 11.8. The molecule has 0 aliphatic rings. The first-order chi connectivity index (χ1) is 18.5. The van der Waals surface area contributed by atoms with Gasteiger partial charge >= 0.3 is 5.97 Å². The standard InChI is InChI=1S/C16H15N3O4.C10H13NO4S/c1-4-9-10-5-13(23-8(2)20)12(22-3)6-11(10)19-15-14(9)16(21)18-7-17-15;1-8-2-3-10(16(13,14)15)9(6-8)4-5-11-7-12/h5-7H,4H2,1-3H3,(H,17,18,19,21);2-3,6-7H,4-5H2,1H3,(H,11,12)(H,13,14,15). The fourth-order valence-corrected chi connectivity index (χ4v) is 4.79. The number of amides is 1. The number of rotatable bonds is 8. The van der Waals surface area contributed by atoms with Crippen molar-refractivity contribution in [1.82, 2.24) is 20.3 Å². The highest BCUT2D eigenvalue weighted by atomic mass is 32.2. The van der Waals surface area contributed by atoms with Crippen molar-refractivity contribution >= 4 is 44.4 Å². The number of ether oxygens (including phenoxy) is 2. The van der Waals surface area contributed by atoms with Crippen LogP contribution in [0.15, 0.2) is 46.3 Å². The first kappa shape index (κ1) is 29.2. The fraction of sp³-hybridized carbons (Fsp3) is 0.269. The molecular formula is C26H28N4O8S. The molecule has 12 nitrogen and oxygen atoms in total. The summed E-state index contributed by atoms with van der Waals surface area (Å²) in [4.78, 5) is 44.5. The van der Waals surface area contributed by atoms with Gasteiger partial charge < -0.3 is 19.8 Å². The van der Waals surface area contributed by atoms with Crippen molar-refractivity contribution in [3.05, 3.63) is 63.7 Å². The van der Waals surface area contributed by atoms with Crippen LogP contribution in [0.1, 0.15) is 30.5 Å². The van der Waals surface area contributed by atoms with E-state index in [1.807, 2.05) is 13.8 Å². The van der Waals surface area contributed by atoms with E-state index in [9.17, 15) is 22.8 Å². The van der Waals surface area contributed by atoms with Gasteiger partial charge in [-0.1, -0.05) is 24.6 Å². The van der Waals surface area contributed by atoms with Gasteiger partial charge in [0.1, 0.15) is 0 Å². The zero-order valence-corrected chi connectivity index (χ0v) is 22.6. The Hall–Kier alpha value is -4.36. The second-order valence-electron chi connectivity index (χ2n) is 8.40. The van der Waals surface area contributed by atoms with Crippen LogP contribution in [0.25, 0.3) is 21.9 Å². The number of nitrogens with one attached hydrogen (secondary N) is 2. The summed E-state index contributed by atoms with van der Waals surface area (Å²) in [5.41, 5.74) is 2.95. The lowest BCUT2D eigenvalue weighted by atomic mass is 10.0. The molecule has 0 unspecified atom stereocenters. The second-order valence-corrected chi connectivity index (χ2v) is 9.79. The number of aromatic amines is 1. The SMILES string of the molecule is CCc1c2cc(OC(C)=O)c(OC)cc2nc2nc[nH]c(=O)c12.Cc1ccc(S(=O)(=O)O)c(CCNC=O)c1. The average molecular weight is 557 g/mol. The maximum Gasteiger partial charge on any atom is 0.308 e. The van der Waals surface area contributed by atoms with Gasteiger partial charge in [0.15, 0.2) is 17.1 Å². The summed E-state index contributed by atoms with van der Waals surface area (Å²) in [6.45, 7) is 5.41. The van der Waals surface area contributed by atoms with E-state index in [2.05, 4.69) is 20.3 Å². The van der Waals surface area contributed by atoms with Gasteiger partial charge in [-0.05, 0) is 43.0 Å². The molecule has 4 aromatic rings. The molecule has 0 fully saturated rings. The number of hydrogen-bond donors (Lipinski definition) is 3. The highest BCUT2D eigenvalue weighted by Gasteiger charge is 2.17. The van der Waals surface area contributed by atoms with E-state index < -0.39 is 16.1 Å². The summed E-state index contributed by atoms with van der Waals surface area (Å²) < 4.78 is 41.6. The van der Waals surface area contributed by atoms with Crippen LogP contribution in [-0.4, -0.2) is 54.0 Å². The molecule has 0 spiro atoms. The molecule has 4 rings (SSSR count). The molecule has 0 saturated carbocycles. The van der Waals surface area contributed by atoms with Crippen LogP contribution in [0.2, 0.25) is 0 Å². The Morgan fingerprint density at radius 3 is 2.56 bits per heavy atom. The van der Waals surface area contributed by atoms with E-state index in [1.165, 1.54) is 26.4 Å². The van der Waals surface area contributed by atoms with E-state index >= 15 is 0 Å². The third-order valence-electron chi connectivity index (χ3n) is 5.69. The Kier molecular flexibility index (Phi) is 9.33. The number of carbonyl (C=O) groups is 2. The quantitative estimate of drug-likeness (QED) is 0.0729. The Labute approximate surface area is 224 Å². The minimum absolute atomic E-state index is 0.106. The lowest BCUT2D eigenvalue weighted by Crippen LogP contribution is -2.16. The monoisotopic (exact) mass is 556 g/mol. The molecule has 0 radical (unpaired) electrons. The van der Waals surface area contributed by atoms with Gasteiger partial charge in [0.2, 0.25) is 6.41 Å². The molecule has 206 valence electrons. The number of pyridine rings is 1. The Morgan fingerprint density at radius 1 is 1.21 bits per heavy atom.